The van der Waals surface area contributed by atoms with Crippen molar-refractivity contribution in [3.63, 3.8) is 0 Å². The molecule has 0 aliphatic rings. The second kappa shape index (κ2) is 5.65. The van der Waals surface area contributed by atoms with Crippen LogP contribution in [0.2, 0.25) is 0 Å². The summed E-state index contributed by atoms with van der Waals surface area (Å²) in [5.74, 6) is 0. The third-order valence-corrected chi connectivity index (χ3v) is 2.03. The second-order valence-electron chi connectivity index (χ2n) is 3.09. The van der Waals surface area contributed by atoms with Gasteiger partial charge in [-0.3, -0.25) is 0 Å². The van der Waals surface area contributed by atoms with Crippen molar-refractivity contribution in [1.82, 2.24) is 15.3 Å². The fourth-order valence-electron chi connectivity index (χ4n) is 1.31. The maximum Gasteiger partial charge on any atom is 0.115 e. The largest absolute Gasteiger partial charge is 0.310 e. The minimum absolute atomic E-state index is 0.404. The van der Waals surface area contributed by atoms with Crippen molar-refractivity contribution in [2.24, 2.45) is 0 Å². The first-order valence-electron chi connectivity index (χ1n) is 4.86. The zero-order valence-corrected chi connectivity index (χ0v) is 8.33. The average Bonchev–Trinajstić information content (AvgIpc) is 2.21. The standard InChI is InChI=1S/C10H17N3/c1-3-5-13-10(4-2)9-6-11-8-12-7-9/h6-8,10,13H,3-5H2,1-2H3. The Bertz CT molecular complexity index is 223. The first kappa shape index (κ1) is 10.1. The SMILES string of the molecule is CCCNC(CC)c1cncnc1. The summed E-state index contributed by atoms with van der Waals surface area (Å²) in [7, 11) is 0. The van der Waals surface area contributed by atoms with E-state index in [0.717, 1.165) is 19.4 Å². The summed E-state index contributed by atoms with van der Waals surface area (Å²) >= 11 is 0. The molecule has 0 spiro atoms. The van der Waals surface area contributed by atoms with Crippen LogP contribution < -0.4 is 5.32 Å². The molecule has 0 saturated heterocycles. The van der Waals surface area contributed by atoms with Gasteiger partial charge in [0.05, 0.1) is 0 Å². The summed E-state index contributed by atoms with van der Waals surface area (Å²) in [5.41, 5.74) is 1.18. The van der Waals surface area contributed by atoms with Crippen molar-refractivity contribution in [3.8, 4) is 0 Å². The van der Waals surface area contributed by atoms with Crippen molar-refractivity contribution < 1.29 is 0 Å². The van der Waals surface area contributed by atoms with E-state index in [0.29, 0.717) is 6.04 Å². The average molecular weight is 179 g/mol. The normalized spacial score (nSPS) is 12.8. The molecule has 0 aliphatic heterocycles. The highest BCUT2D eigenvalue weighted by atomic mass is 14.9. The highest BCUT2D eigenvalue weighted by Gasteiger charge is 2.07. The van der Waals surface area contributed by atoms with Gasteiger partial charge in [0.1, 0.15) is 6.33 Å². The van der Waals surface area contributed by atoms with Crippen LogP contribution >= 0.6 is 0 Å². The quantitative estimate of drug-likeness (QED) is 0.750. The molecule has 1 heterocycles. The van der Waals surface area contributed by atoms with Crippen LogP contribution in [0.1, 0.15) is 38.3 Å². The van der Waals surface area contributed by atoms with E-state index in [1.54, 1.807) is 6.33 Å². The topological polar surface area (TPSA) is 37.8 Å². The van der Waals surface area contributed by atoms with E-state index in [-0.39, 0.29) is 0 Å². The van der Waals surface area contributed by atoms with E-state index in [2.05, 4.69) is 29.1 Å². The summed E-state index contributed by atoms with van der Waals surface area (Å²) in [6, 6.07) is 0.404. The predicted molar refractivity (Wildman–Crippen MR) is 53.4 cm³/mol. The molecule has 1 aromatic heterocycles. The lowest BCUT2D eigenvalue weighted by Gasteiger charge is -2.15. The summed E-state index contributed by atoms with van der Waals surface area (Å²) in [4.78, 5) is 8.02. The number of hydrogen-bond donors (Lipinski definition) is 1. The van der Waals surface area contributed by atoms with Crippen LogP contribution in [0.4, 0.5) is 0 Å². The fourth-order valence-corrected chi connectivity index (χ4v) is 1.31. The van der Waals surface area contributed by atoms with E-state index in [9.17, 15) is 0 Å². The smallest absolute Gasteiger partial charge is 0.115 e. The molecule has 3 nitrogen and oxygen atoms in total. The maximum absolute atomic E-state index is 4.01. The van der Waals surface area contributed by atoms with E-state index >= 15 is 0 Å². The lowest BCUT2D eigenvalue weighted by atomic mass is 10.1. The van der Waals surface area contributed by atoms with E-state index in [1.807, 2.05) is 12.4 Å². The molecule has 13 heavy (non-hydrogen) atoms. The molecule has 0 aliphatic carbocycles. The molecule has 1 unspecified atom stereocenters. The summed E-state index contributed by atoms with van der Waals surface area (Å²) < 4.78 is 0. The fraction of sp³-hybridized carbons (Fsp3) is 0.600. The minimum atomic E-state index is 0.404. The van der Waals surface area contributed by atoms with Crippen LogP contribution in [0, 0.1) is 0 Å². The number of nitrogens with one attached hydrogen (secondary N) is 1. The minimum Gasteiger partial charge on any atom is -0.310 e. The number of nitrogens with zero attached hydrogens (tertiary/aromatic N) is 2. The van der Waals surface area contributed by atoms with Crippen LogP contribution in [0.25, 0.3) is 0 Å². The van der Waals surface area contributed by atoms with Gasteiger partial charge in [-0.05, 0) is 19.4 Å². The Labute approximate surface area is 79.6 Å². The molecule has 0 amide bonds. The summed E-state index contributed by atoms with van der Waals surface area (Å²) in [6.07, 6.45) is 7.56. The lowest BCUT2D eigenvalue weighted by Crippen LogP contribution is -2.21. The maximum atomic E-state index is 4.01. The van der Waals surface area contributed by atoms with Gasteiger partial charge in [-0.1, -0.05) is 13.8 Å². The molecule has 1 atom stereocenters. The Balaban J connectivity index is 2.56. The Morgan fingerprint density at radius 2 is 2.00 bits per heavy atom. The molecule has 0 bridgehead atoms. The molecule has 0 aromatic carbocycles. The molecular weight excluding hydrogens is 162 g/mol. The molecule has 0 fully saturated rings. The Hall–Kier alpha value is -0.960. The Morgan fingerprint density at radius 3 is 2.54 bits per heavy atom. The number of aromatic nitrogens is 2. The highest BCUT2D eigenvalue weighted by molar-refractivity contribution is 5.08. The van der Waals surface area contributed by atoms with Crippen molar-refractivity contribution in [2.75, 3.05) is 6.54 Å². The van der Waals surface area contributed by atoms with Crippen molar-refractivity contribution in [1.29, 1.82) is 0 Å². The Kier molecular flexibility index (Phi) is 4.40. The Morgan fingerprint density at radius 1 is 1.31 bits per heavy atom. The third-order valence-electron chi connectivity index (χ3n) is 2.03. The van der Waals surface area contributed by atoms with Crippen LogP contribution in [-0.2, 0) is 0 Å². The van der Waals surface area contributed by atoms with Gasteiger partial charge < -0.3 is 5.32 Å². The molecular formula is C10H17N3. The third kappa shape index (κ3) is 3.11. The van der Waals surface area contributed by atoms with Crippen LogP contribution in [0.15, 0.2) is 18.7 Å². The van der Waals surface area contributed by atoms with Gasteiger partial charge in [-0.2, -0.15) is 0 Å². The zero-order chi connectivity index (χ0) is 9.52. The molecule has 72 valence electrons. The highest BCUT2D eigenvalue weighted by Crippen LogP contribution is 2.13. The predicted octanol–water partition coefficient (Wildman–Crippen LogP) is 1.93. The van der Waals surface area contributed by atoms with Gasteiger partial charge in [0.25, 0.3) is 0 Å². The second-order valence-corrected chi connectivity index (χ2v) is 3.09. The van der Waals surface area contributed by atoms with Crippen LogP contribution in [0.5, 0.6) is 0 Å². The molecule has 3 heteroatoms. The van der Waals surface area contributed by atoms with Gasteiger partial charge in [-0.15, -0.1) is 0 Å². The lowest BCUT2D eigenvalue weighted by molar-refractivity contribution is 0.515. The zero-order valence-electron chi connectivity index (χ0n) is 8.33. The first-order chi connectivity index (χ1) is 6.38. The van der Waals surface area contributed by atoms with Crippen molar-refractivity contribution >= 4 is 0 Å². The summed E-state index contributed by atoms with van der Waals surface area (Å²) in [5, 5.41) is 3.46. The summed E-state index contributed by atoms with van der Waals surface area (Å²) in [6.45, 7) is 5.38. The van der Waals surface area contributed by atoms with Gasteiger partial charge >= 0.3 is 0 Å². The van der Waals surface area contributed by atoms with Crippen LogP contribution in [-0.4, -0.2) is 16.5 Å². The molecule has 1 rings (SSSR count). The van der Waals surface area contributed by atoms with Gasteiger partial charge in [0.15, 0.2) is 0 Å². The first-order valence-corrected chi connectivity index (χ1v) is 4.86. The van der Waals surface area contributed by atoms with Crippen LogP contribution in [0.3, 0.4) is 0 Å². The molecule has 1 N–H and O–H groups in total. The monoisotopic (exact) mass is 179 g/mol. The molecule has 0 saturated carbocycles. The van der Waals surface area contributed by atoms with Gasteiger partial charge in [0, 0.05) is 24.0 Å². The number of hydrogen-bond acceptors (Lipinski definition) is 3. The van der Waals surface area contributed by atoms with Crippen molar-refractivity contribution in [3.05, 3.63) is 24.3 Å². The number of rotatable bonds is 5. The van der Waals surface area contributed by atoms with E-state index < -0.39 is 0 Å². The molecule has 0 radical (unpaired) electrons. The van der Waals surface area contributed by atoms with Gasteiger partial charge in [0.2, 0.25) is 0 Å². The van der Waals surface area contributed by atoms with E-state index in [4.69, 9.17) is 0 Å². The van der Waals surface area contributed by atoms with Gasteiger partial charge in [-0.25, -0.2) is 9.97 Å². The van der Waals surface area contributed by atoms with Crippen molar-refractivity contribution in [2.45, 2.75) is 32.7 Å². The van der Waals surface area contributed by atoms with E-state index in [1.165, 1.54) is 5.56 Å². The molecule has 1 aromatic rings.